The summed E-state index contributed by atoms with van der Waals surface area (Å²) in [6.45, 7) is 5.72. The van der Waals surface area contributed by atoms with Crippen LogP contribution in [0.4, 0.5) is 0 Å². The van der Waals surface area contributed by atoms with Crippen LogP contribution in [0.2, 0.25) is 0 Å². The van der Waals surface area contributed by atoms with Gasteiger partial charge in [0.2, 0.25) is 0 Å². The molecule has 1 aliphatic carbocycles. The molecule has 0 bridgehead atoms. The van der Waals surface area contributed by atoms with Crippen LogP contribution in [0.5, 0.6) is 0 Å². The number of hydrogen-bond acceptors (Lipinski definition) is 4. The predicted octanol–water partition coefficient (Wildman–Crippen LogP) is 1.72. The van der Waals surface area contributed by atoms with Gasteiger partial charge in [-0.05, 0) is 11.5 Å². The Morgan fingerprint density at radius 1 is 1.19 bits per heavy atom. The summed E-state index contributed by atoms with van der Waals surface area (Å²) < 4.78 is 0. The molecule has 0 aromatic heterocycles. The number of allylic oxidation sites excluding steroid dienone is 4. The van der Waals surface area contributed by atoms with E-state index in [9.17, 15) is 9.59 Å². The fourth-order valence-corrected chi connectivity index (χ4v) is 2.10. The van der Waals surface area contributed by atoms with Crippen molar-refractivity contribution in [3.05, 3.63) is 22.6 Å². The fourth-order valence-electron chi connectivity index (χ4n) is 1.40. The van der Waals surface area contributed by atoms with Crippen LogP contribution in [0, 0.1) is 5.41 Å². The van der Waals surface area contributed by atoms with E-state index in [1.807, 2.05) is 20.8 Å². The SMILES string of the molecule is CC(C)(C)C1=CC(=O)C(SCCO)=CC1=O. The van der Waals surface area contributed by atoms with Gasteiger partial charge >= 0.3 is 0 Å². The van der Waals surface area contributed by atoms with Gasteiger partial charge in [-0.1, -0.05) is 20.8 Å². The molecule has 0 amide bonds. The molecule has 1 N–H and O–H groups in total. The van der Waals surface area contributed by atoms with Crippen molar-refractivity contribution in [3.8, 4) is 0 Å². The minimum atomic E-state index is -0.309. The highest BCUT2D eigenvalue weighted by molar-refractivity contribution is 8.04. The minimum absolute atomic E-state index is 0.000675. The number of rotatable bonds is 3. The van der Waals surface area contributed by atoms with Gasteiger partial charge in [0.05, 0.1) is 11.5 Å². The molecular weight excluding hydrogens is 224 g/mol. The molecule has 3 nitrogen and oxygen atoms in total. The maximum absolute atomic E-state index is 11.8. The lowest BCUT2D eigenvalue weighted by Gasteiger charge is -2.23. The maximum Gasteiger partial charge on any atom is 0.192 e. The molecule has 0 aromatic rings. The number of thioether (sulfide) groups is 1. The highest BCUT2D eigenvalue weighted by atomic mass is 32.2. The first-order chi connectivity index (χ1) is 7.36. The van der Waals surface area contributed by atoms with Crippen molar-refractivity contribution in [2.75, 3.05) is 12.4 Å². The zero-order valence-electron chi connectivity index (χ0n) is 9.74. The Balaban J connectivity index is 2.88. The quantitative estimate of drug-likeness (QED) is 0.763. The van der Waals surface area contributed by atoms with Crippen LogP contribution in [0.1, 0.15) is 20.8 Å². The first-order valence-corrected chi connectivity index (χ1v) is 6.11. The summed E-state index contributed by atoms with van der Waals surface area (Å²) in [7, 11) is 0. The van der Waals surface area contributed by atoms with Crippen molar-refractivity contribution >= 4 is 23.3 Å². The molecule has 0 aliphatic heterocycles. The van der Waals surface area contributed by atoms with Crippen LogP contribution in [-0.4, -0.2) is 29.0 Å². The van der Waals surface area contributed by atoms with E-state index in [2.05, 4.69) is 0 Å². The molecule has 0 aromatic carbocycles. The van der Waals surface area contributed by atoms with E-state index < -0.39 is 0 Å². The number of carbonyl (C=O) groups excluding carboxylic acids is 2. The Kier molecular flexibility index (Phi) is 4.10. The van der Waals surface area contributed by atoms with Crippen LogP contribution >= 0.6 is 11.8 Å². The van der Waals surface area contributed by atoms with Crippen molar-refractivity contribution in [2.45, 2.75) is 20.8 Å². The summed E-state index contributed by atoms with van der Waals surface area (Å²) in [5.41, 5.74) is 0.238. The summed E-state index contributed by atoms with van der Waals surface area (Å²) in [6.07, 6.45) is 2.80. The Morgan fingerprint density at radius 3 is 2.31 bits per heavy atom. The summed E-state index contributed by atoms with van der Waals surface area (Å²) in [5.74, 6) is 0.194. The third kappa shape index (κ3) is 3.06. The zero-order chi connectivity index (χ0) is 12.3. The number of hydrogen-bond donors (Lipinski definition) is 1. The van der Waals surface area contributed by atoms with Crippen molar-refractivity contribution in [2.24, 2.45) is 5.41 Å². The van der Waals surface area contributed by atoms with Crippen LogP contribution < -0.4 is 0 Å². The van der Waals surface area contributed by atoms with E-state index in [0.29, 0.717) is 16.2 Å². The first kappa shape index (κ1) is 13.2. The van der Waals surface area contributed by atoms with E-state index in [-0.39, 0.29) is 23.6 Å². The average molecular weight is 240 g/mol. The molecule has 88 valence electrons. The largest absolute Gasteiger partial charge is 0.396 e. The number of aliphatic hydroxyl groups is 1. The van der Waals surface area contributed by atoms with Gasteiger partial charge in [-0.3, -0.25) is 9.59 Å². The number of carbonyl (C=O) groups is 2. The Hall–Kier alpha value is -0.870. The third-order valence-corrected chi connectivity index (χ3v) is 3.22. The van der Waals surface area contributed by atoms with E-state index in [1.165, 1.54) is 23.9 Å². The first-order valence-electron chi connectivity index (χ1n) is 5.12. The second kappa shape index (κ2) is 4.97. The van der Waals surface area contributed by atoms with E-state index in [1.54, 1.807) is 0 Å². The summed E-state index contributed by atoms with van der Waals surface area (Å²) in [5, 5.41) is 8.67. The van der Waals surface area contributed by atoms with Gasteiger partial charge in [0, 0.05) is 17.4 Å². The molecule has 0 fully saturated rings. The molecule has 0 heterocycles. The number of ketones is 2. The lowest BCUT2D eigenvalue weighted by atomic mass is 9.81. The van der Waals surface area contributed by atoms with Crippen LogP contribution in [0.15, 0.2) is 22.6 Å². The smallest absolute Gasteiger partial charge is 0.192 e. The van der Waals surface area contributed by atoms with Crippen LogP contribution in [0.3, 0.4) is 0 Å². The zero-order valence-corrected chi connectivity index (χ0v) is 10.6. The topological polar surface area (TPSA) is 54.4 Å². The summed E-state index contributed by atoms with van der Waals surface area (Å²) >= 11 is 1.22. The Morgan fingerprint density at radius 2 is 1.81 bits per heavy atom. The van der Waals surface area contributed by atoms with Gasteiger partial charge in [-0.2, -0.15) is 0 Å². The highest BCUT2D eigenvalue weighted by Crippen LogP contribution is 2.31. The molecule has 1 aliphatic rings. The molecule has 0 unspecified atom stereocenters. The summed E-state index contributed by atoms with van der Waals surface area (Å²) in [4.78, 5) is 23.9. The molecule has 1 rings (SSSR count). The minimum Gasteiger partial charge on any atom is -0.396 e. The summed E-state index contributed by atoms with van der Waals surface area (Å²) in [6, 6.07) is 0. The van der Waals surface area contributed by atoms with Crippen LogP contribution in [0.25, 0.3) is 0 Å². The van der Waals surface area contributed by atoms with Crippen molar-refractivity contribution in [3.63, 3.8) is 0 Å². The number of aliphatic hydroxyl groups excluding tert-OH is 1. The Labute approximate surface area is 99.6 Å². The van der Waals surface area contributed by atoms with Crippen LogP contribution in [-0.2, 0) is 9.59 Å². The molecule has 4 heteroatoms. The standard InChI is InChI=1S/C12H16O3S/c1-12(2,3)8-6-10(15)11(7-9(8)14)16-5-4-13/h6-7,13H,4-5H2,1-3H3. The predicted molar refractivity (Wildman–Crippen MR) is 65.2 cm³/mol. The molecule has 0 atom stereocenters. The van der Waals surface area contributed by atoms with Gasteiger partial charge in [-0.15, -0.1) is 11.8 Å². The second-order valence-corrected chi connectivity index (χ2v) is 5.75. The van der Waals surface area contributed by atoms with Gasteiger partial charge < -0.3 is 5.11 Å². The van der Waals surface area contributed by atoms with E-state index in [4.69, 9.17) is 5.11 Å². The maximum atomic E-state index is 11.8. The molecule has 0 spiro atoms. The van der Waals surface area contributed by atoms with Crippen molar-refractivity contribution in [1.82, 2.24) is 0 Å². The lowest BCUT2D eigenvalue weighted by molar-refractivity contribution is -0.115. The normalized spacial score (nSPS) is 17.2. The van der Waals surface area contributed by atoms with Gasteiger partial charge in [0.1, 0.15) is 0 Å². The molecular formula is C12H16O3S. The van der Waals surface area contributed by atoms with E-state index in [0.717, 1.165) is 0 Å². The van der Waals surface area contributed by atoms with Gasteiger partial charge in [0.25, 0.3) is 0 Å². The molecule has 0 saturated heterocycles. The van der Waals surface area contributed by atoms with Crippen molar-refractivity contribution in [1.29, 1.82) is 0 Å². The molecule has 16 heavy (non-hydrogen) atoms. The highest BCUT2D eigenvalue weighted by Gasteiger charge is 2.28. The van der Waals surface area contributed by atoms with Crippen molar-refractivity contribution < 1.29 is 14.7 Å². The second-order valence-electron chi connectivity index (χ2n) is 4.62. The van der Waals surface area contributed by atoms with E-state index >= 15 is 0 Å². The monoisotopic (exact) mass is 240 g/mol. The Bertz CT molecular complexity index is 372. The van der Waals surface area contributed by atoms with Gasteiger partial charge in [0.15, 0.2) is 11.6 Å². The van der Waals surface area contributed by atoms with Gasteiger partial charge in [-0.25, -0.2) is 0 Å². The lowest BCUT2D eigenvalue weighted by Crippen LogP contribution is -2.22. The average Bonchev–Trinajstić information content (AvgIpc) is 2.17. The molecule has 0 radical (unpaired) electrons. The third-order valence-electron chi connectivity index (χ3n) is 2.20. The fraction of sp³-hybridized carbons (Fsp3) is 0.500. The molecule has 0 saturated carbocycles.